The number of aromatic nitrogens is 2. The minimum atomic E-state index is -4.78. The SMILES string of the molecule is CC(C)N(CC(=O)Nc1ccc(OC(F)(F)F)cc1)Cc1nc2ccccc2c(=O)[nH]1. The Bertz CT molecular complexity index is 1110. The molecule has 0 spiro atoms. The van der Waals surface area contributed by atoms with E-state index in [1.165, 1.54) is 12.1 Å². The number of H-pyrrole nitrogens is 1. The minimum absolute atomic E-state index is 0.00495. The maximum Gasteiger partial charge on any atom is 0.573 e. The van der Waals surface area contributed by atoms with E-state index >= 15 is 0 Å². The standard InChI is InChI=1S/C21H21F3N4O3/c1-13(2)28(11-18-26-17-6-4-3-5-16(17)20(30)27-18)12-19(29)25-14-7-9-15(10-8-14)31-21(22,23)24/h3-10,13H,11-12H2,1-2H3,(H,25,29)(H,26,27,30). The van der Waals surface area contributed by atoms with E-state index in [0.29, 0.717) is 22.4 Å². The number of nitrogens with zero attached hydrogens (tertiary/aromatic N) is 2. The summed E-state index contributed by atoms with van der Waals surface area (Å²) in [4.78, 5) is 33.7. The first-order valence-corrected chi connectivity index (χ1v) is 9.48. The van der Waals surface area contributed by atoms with Crippen LogP contribution in [0.4, 0.5) is 18.9 Å². The van der Waals surface area contributed by atoms with Gasteiger partial charge in [0.05, 0.1) is 24.0 Å². The van der Waals surface area contributed by atoms with Crippen molar-refractivity contribution in [1.29, 1.82) is 0 Å². The Morgan fingerprint density at radius 2 is 1.84 bits per heavy atom. The zero-order chi connectivity index (χ0) is 22.6. The van der Waals surface area contributed by atoms with Crippen LogP contribution in [0.2, 0.25) is 0 Å². The van der Waals surface area contributed by atoms with Crippen molar-refractivity contribution in [2.24, 2.45) is 0 Å². The van der Waals surface area contributed by atoms with Gasteiger partial charge in [-0.25, -0.2) is 4.98 Å². The van der Waals surface area contributed by atoms with Gasteiger partial charge in [0.25, 0.3) is 5.56 Å². The molecule has 1 amide bonds. The number of para-hydroxylation sites is 1. The van der Waals surface area contributed by atoms with E-state index in [-0.39, 0.29) is 36.3 Å². The summed E-state index contributed by atoms with van der Waals surface area (Å²) in [5, 5.41) is 3.12. The summed E-state index contributed by atoms with van der Waals surface area (Å²) in [7, 11) is 0. The fourth-order valence-corrected chi connectivity index (χ4v) is 2.95. The molecular weight excluding hydrogens is 413 g/mol. The lowest BCUT2D eigenvalue weighted by molar-refractivity contribution is -0.274. The second kappa shape index (κ2) is 9.17. The predicted molar refractivity (Wildman–Crippen MR) is 110 cm³/mol. The lowest BCUT2D eigenvalue weighted by Crippen LogP contribution is -2.38. The Balaban J connectivity index is 1.66. The van der Waals surface area contributed by atoms with Gasteiger partial charge in [-0.3, -0.25) is 14.5 Å². The predicted octanol–water partition coefficient (Wildman–Crippen LogP) is 3.67. The third-order valence-electron chi connectivity index (χ3n) is 4.46. The number of nitrogens with one attached hydrogen (secondary N) is 2. The van der Waals surface area contributed by atoms with Gasteiger partial charge in [-0.2, -0.15) is 0 Å². The highest BCUT2D eigenvalue weighted by Gasteiger charge is 2.31. The number of anilines is 1. The van der Waals surface area contributed by atoms with Crippen LogP contribution in [0.1, 0.15) is 19.7 Å². The van der Waals surface area contributed by atoms with Gasteiger partial charge in [-0.05, 0) is 50.2 Å². The highest BCUT2D eigenvalue weighted by molar-refractivity contribution is 5.92. The van der Waals surface area contributed by atoms with E-state index in [4.69, 9.17) is 0 Å². The molecule has 31 heavy (non-hydrogen) atoms. The molecule has 0 aliphatic heterocycles. The van der Waals surface area contributed by atoms with Crippen LogP contribution in [0.15, 0.2) is 53.3 Å². The molecule has 0 saturated heterocycles. The van der Waals surface area contributed by atoms with E-state index in [2.05, 4.69) is 20.0 Å². The monoisotopic (exact) mass is 434 g/mol. The molecule has 1 aromatic heterocycles. The normalized spacial score (nSPS) is 11.8. The minimum Gasteiger partial charge on any atom is -0.406 e. The molecule has 0 aliphatic rings. The number of carbonyl (C=O) groups is 1. The maximum atomic E-state index is 12.5. The van der Waals surface area contributed by atoms with Crippen LogP contribution in [-0.4, -0.2) is 39.7 Å². The summed E-state index contributed by atoms with van der Waals surface area (Å²) in [6, 6.07) is 11.8. The van der Waals surface area contributed by atoms with Crippen LogP contribution < -0.4 is 15.6 Å². The van der Waals surface area contributed by atoms with Crippen molar-refractivity contribution in [3.05, 3.63) is 64.7 Å². The first-order chi connectivity index (χ1) is 14.6. The number of aromatic amines is 1. The Morgan fingerprint density at radius 1 is 1.16 bits per heavy atom. The largest absolute Gasteiger partial charge is 0.573 e. The van der Waals surface area contributed by atoms with Crippen LogP contribution in [0, 0.1) is 0 Å². The molecule has 0 unspecified atom stereocenters. The summed E-state index contributed by atoms with van der Waals surface area (Å²) in [6.45, 7) is 4.03. The van der Waals surface area contributed by atoms with Crippen LogP contribution in [-0.2, 0) is 11.3 Å². The zero-order valence-corrected chi connectivity index (χ0v) is 16.9. The second-order valence-corrected chi connectivity index (χ2v) is 7.15. The van der Waals surface area contributed by atoms with Gasteiger partial charge in [0.2, 0.25) is 5.91 Å². The highest BCUT2D eigenvalue weighted by Crippen LogP contribution is 2.24. The molecule has 0 radical (unpaired) electrons. The summed E-state index contributed by atoms with van der Waals surface area (Å²) in [5.41, 5.74) is 0.644. The van der Waals surface area contributed by atoms with Gasteiger partial charge in [-0.15, -0.1) is 13.2 Å². The van der Waals surface area contributed by atoms with E-state index in [1.807, 2.05) is 18.7 Å². The molecule has 1 heterocycles. The van der Waals surface area contributed by atoms with Crippen molar-refractivity contribution in [2.75, 3.05) is 11.9 Å². The molecule has 3 rings (SSSR count). The molecule has 3 aromatic rings. The first kappa shape index (κ1) is 22.3. The molecule has 0 bridgehead atoms. The highest BCUT2D eigenvalue weighted by atomic mass is 19.4. The zero-order valence-electron chi connectivity index (χ0n) is 16.9. The van der Waals surface area contributed by atoms with E-state index in [9.17, 15) is 22.8 Å². The number of benzene rings is 2. The van der Waals surface area contributed by atoms with Crippen LogP contribution in [0.25, 0.3) is 10.9 Å². The number of carbonyl (C=O) groups excluding carboxylic acids is 1. The number of halogens is 3. The van der Waals surface area contributed by atoms with E-state index in [0.717, 1.165) is 12.1 Å². The van der Waals surface area contributed by atoms with Crippen LogP contribution in [0.3, 0.4) is 0 Å². The van der Waals surface area contributed by atoms with Crippen molar-refractivity contribution in [2.45, 2.75) is 32.8 Å². The van der Waals surface area contributed by atoms with Crippen molar-refractivity contribution < 1.29 is 22.7 Å². The average molecular weight is 434 g/mol. The number of rotatable bonds is 7. The molecule has 164 valence electrons. The Morgan fingerprint density at radius 3 is 2.48 bits per heavy atom. The molecule has 2 N–H and O–H groups in total. The van der Waals surface area contributed by atoms with Gasteiger partial charge >= 0.3 is 6.36 Å². The number of hydrogen-bond donors (Lipinski definition) is 2. The van der Waals surface area contributed by atoms with Gasteiger partial charge in [0.1, 0.15) is 11.6 Å². The second-order valence-electron chi connectivity index (χ2n) is 7.15. The smallest absolute Gasteiger partial charge is 0.406 e. The Labute approximate surface area is 175 Å². The average Bonchev–Trinajstić information content (AvgIpc) is 2.68. The summed E-state index contributed by atoms with van der Waals surface area (Å²) < 4.78 is 40.5. The topological polar surface area (TPSA) is 87.3 Å². The molecular formula is C21H21F3N4O3. The third-order valence-corrected chi connectivity index (χ3v) is 4.46. The Hall–Kier alpha value is -3.40. The third kappa shape index (κ3) is 6.29. The summed E-state index contributed by atoms with van der Waals surface area (Å²) >= 11 is 0. The maximum absolute atomic E-state index is 12.5. The molecule has 7 nitrogen and oxygen atoms in total. The molecule has 0 aliphatic carbocycles. The lowest BCUT2D eigenvalue weighted by atomic mass is 10.2. The van der Waals surface area contributed by atoms with Crippen molar-refractivity contribution >= 4 is 22.5 Å². The van der Waals surface area contributed by atoms with Gasteiger partial charge < -0.3 is 15.0 Å². The first-order valence-electron chi connectivity index (χ1n) is 9.48. The molecule has 0 atom stereocenters. The Kier molecular flexibility index (Phi) is 6.59. The number of ether oxygens (including phenoxy) is 1. The number of alkyl halides is 3. The number of fused-ring (bicyclic) bond motifs is 1. The molecule has 0 saturated carbocycles. The molecule has 10 heteroatoms. The van der Waals surface area contributed by atoms with Crippen molar-refractivity contribution in [3.63, 3.8) is 0 Å². The van der Waals surface area contributed by atoms with Gasteiger partial charge in [0.15, 0.2) is 0 Å². The van der Waals surface area contributed by atoms with Crippen molar-refractivity contribution in [3.8, 4) is 5.75 Å². The quantitative estimate of drug-likeness (QED) is 0.593. The van der Waals surface area contributed by atoms with E-state index < -0.39 is 6.36 Å². The lowest BCUT2D eigenvalue weighted by Gasteiger charge is -2.25. The van der Waals surface area contributed by atoms with Crippen LogP contribution in [0.5, 0.6) is 5.75 Å². The van der Waals surface area contributed by atoms with Gasteiger partial charge in [-0.1, -0.05) is 12.1 Å². The van der Waals surface area contributed by atoms with Crippen molar-refractivity contribution in [1.82, 2.24) is 14.9 Å². The molecule has 0 fully saturated rings. The molecule has 2 aromatic carbocycles. The number of hydrogen-bond acceptors (Lipinski definition) is 5. The number of amides is 1. The summed E-state index contributed by atoms with van der Waals surface area (Å²) in [5.74, 6) is -0.305. The van der Waals surface area contributed by atoms with Gasteiger partial charge in [0, 0.05) is 11.7 Å². The van der Waals surface area contributed by atoms with E-state index in [1.54, 1.807) is 24.3 Å². The summed E-state index contributed by atoms with van der Waals surface area (Å²) in [6.07, 6.45) is -4.78. The fourth-order valence-electron chi connectivity index (χ4n) is 2.95. The fraction of sp³-hybridized carbons (Fsp3) is 0.286. The van der Waals surface area contributed by atoms with Crippen LogP contribution >= 0.6 is 0 Å².